The van der Waals surface area contributed by atoms with Crippen molar-refractivity contribution in [2.45, 2.75) is 25.9 Å². The molecule has 0 nitrogen and oxygen atoms in total. The molecule has 0 amide bonds. The lowest BCUT2D eigenvalue weighted by molar-refractivity contribution is 1.40. The summed E-state index contributed by atoms with van der Waals surface area (Å²) in [6, 6.07) is 103. The van der Waals surface area contributed by atoms with Crippen LogP contribution in [0.3, 0.4) is 0 Å². The largest absolute Gasteiger partial charge is 0.151 e. The Morgan fingerprint density at radius 2 is 0.368 bits per heavy atom. The Balaban J connectivity index is 1.25. The molecule has 0 saturated carbocycles. The quantitative estimate of drug-likeness (QED) is 0.107. The van der Waals surface area contributed by atoms with Gasteiger partial charge in [-0.05, 0) is 110 Å². The van der Waals surface area contributed by atoms with Gasteiger partial charge in [0.25, 0.3) is 0 Å². The molecule has 2 aliphatic rings. The van der Waals surface area contributed by atoms with Crippen molar-refractivity contribution in [1.82, 2.24) is 0 Å². The highest BCUT2D eigenvalue weighted by molar-refractivity contribution is 7.23. The van der Waals surface area contributed by atoms with Crippen molar-refractivity contribution in [2.75, 3.05) is 0 Å². The summed E-state index contributed by atoms with van der Waals surface area (Å²) in [6.07, 6.45) is 0. The summed E-state index contributed by atoms with van der Waals surface area (Å²) in [6.45, 7) is 4.93. The second kappa shape index (κ2) is 18.6. The molecule has 2 heteroatoms. The van der Waals surface area contributed by atoms with Gasteiger partial charge < -0.3 is 0 Å². The number of benzene rings is 9. The molecule has 0 unspecified atom stereocenters. The van der Waals surface area contributed by atoms with E-state index < -0.39 is 16.1 Å². The van der Waals surface area contributed by atoms with Gasteiger partial charge in [-0.15, -0.1) is 0 Å². The standard InChI is InChI=1S/C66H54Si2/c1-3-67(63(53-37-21-9-22-38-53)59(49-29-13-5-14-30-49)60(50-31-15-6-16-32-50)64(67)54-39-23-10-24-40-54)57-45-47-58(48-46-57)68(4-2)65(55-41-25-11-26-42-55)61(51-33-17-7-18-34-51)62(52-35-19-8-20-36-52)66(68)56-43-27-12-28-44-56/h5-48H,3-4H2,1-2H3. The Bertz CT molecular complexity index is 2890. The van der Waals surface area contributed by atoms with Crippen LogP contribution < -0.4 is 10.4 Å². The second-order valence-corrected chi connectivity index (χ2v) is 26.2. The van der Waals surface area contributed by atoms with Crippen molar-refractivity contribution in [3.8, 4) is 0 Å². The summed E-state index contributed by atoms with van der Waals surface area (Å²) in [5.41, 5.74) is 15.7. The first-order valence-electron chi connectivity index (χ1n) is 24.2. The van der Waals surface area contributed by atoms with E-state index in [0.29, 0.717) is 0 Å². The van der Waals surface area contributed by atoms with Gasteiger partial charge >= 0.3 is 0 Å². The molecule has 11 rings (SSSR count). The van der Waals surface area contributed by atoms with E-state index in [0.717, 1.165) is 12.1 Å². The van der Waals surface area contributed by atoms with E-state index in [1.807, 2.05) is 0 Å². The topological polar surface area (TPSA) is 0 Å². The minimum atomic E-state index is -2.86. The van der Waals surface area contributed by atoms with Crippen LogP contribution >= 0.6 is 0 Å². The zero-order valence-corrected chi connectivity index (χ0v) is 40.8. The molecule has 2 aliphatic heterocycles. The predicted molar refractivity (Wildman–Crippen MR) is 297 cm³/mol. The predicted octanol–water partition coefficient (Wildman–Crippen LogP) is 15.7. The first-order valence-corrected chi connectivity index (χ1v) is 28.6. The molecule has 2 heterocycles. The first-order chi connectivity index (χ1) is 33.7. The van der Waals surface area contributed by atoms with E-state index in [1.54, 1.807) is 0 Å². The highest BCUT2D eigenvalue weighted by Gasteiger charge is 2.53. The molecule has 0 aliphatic carbocycles. The molecule has 326 valence electrons. The summed E-state index contributed by atoms with van der Waals surface area (Å²) in [5.74, 6) is 0. The van der Waals surface area contributed by atoms with Gasteiger partial charge in [0.1, 0.15) is 0 Å². The van der Waals surface area contributed by atoms with Gasteiger partial charge in [-0.25, -0.2) is 0 Å². The maximum Gasteiger partial charge on any atom is 0.151 e. The fourth-order valence-corrected chi connectivity index (χ4v) is 22.7. The zero-order valence-electron chi connectivity index (χ0n) is 38.8. The molecular weight excluding hydrogens is 849 g/mol. The Morgan fingerprint density at radius 3 is 0.529 bits per heavy atom. The molecule has 68 heavy (non-hydrogen) atoms. The van der Waals surface area contributed by atoms with E-state index in [4.69, 9.17) is 0 Å². The lowest BCUT2D eigenvalue weighted by Crippen LogP contribution is -2.52. The van der Waals surface area contributed by atoms with Crippen molar-refractivity contribution in [3.05, 3.63) is 311 Å². The number of hydrogen-bond donors (Lipinski definition) is 0. The lowest BCUT2D eigenvalue weighted by Gasteiger charge is -2.37. The average molecular weight is 903 g/mol. The van der Waals surface area contributed by atoms with Crippen LogP contribution in [0.1, 0.15) is 58.4 Å². The van der Waals surface area contributed by atoms with E-state index in [-0.39, 0.29) is 0 Å². The molecule has 9 aromatic rings. The normalized spacial score (nSPS) is 15.3. The SMILES string of the molecule is CC[Si]1(c2ccc([Si]3(CC)C(c4ccccc4)=C(c4ccccc4)C(c4ccccc4)=C3c3ccccc3)cc2)C(c2ccccc2)=C(c2ccccc2)C(c2ccccc2)=C1c1ccccc1. The Kier molecular flexibility index (Phi) is 11.7. The van der Waals surface area contributed by atoms with Crippen LogP contribution in [-0.2, 0) is 0 Å². The molecule has 0 saturated heterocycles. The van der Waals surface area contributed by atoms with Crippen LogP contribution in [0.25, 0.3) is 43.1 Å². The fourth-order valence-electron chi connectivity index (χ4n) is 11.9. The highest BCUT2D eigenvalue weighted by atomic mass is 28.3. The van der Waals surface area contributed by atoms with Crippen LogP contribution in [0.15, 0.2) is 267 Å². The number of allylic oxidation sites excluding steroid dienone is 4. The molecule has 0 fully saturated rings. The highest BCUT2D eigenvalue weighted by Crippen LogP contribution is 2.58. The molecule has 0 radical (unpaired) electrons. The van der Waals surface area contributed by atoms with E-state index in [2.05, 4.69) is 281 Å². The lowest BCUT2D eigenvalue weighted by atomic mass is 9.89. The summed E-state index contributed by atoms with van der Waals surface area (Å²) in [5, 5.41) is 8.87. The molecule has 0 atom stereocenters. The average Bonchev–Trinajstić information content (AvgIpc) is 3.93. The van der Waals surface area contributed by atoms with Gasteiger partial charge in [0, 0.05) is 0 Å². The second-order valence-electron chi connectivity index (χ2n) is 18.0. The van der Waals surface area contributed by atoms with Crippen LogP contribution in [0.2, 0.25) is 12.1 Å². The van der Waals surface area contributed by atoms with Crippen LogP contribution in [-0.4, -0.2) is 16.1 Å². The van der Waals surface area contributed by atoms with E-state index >= 15 is 0 Å². The Hall–Kier alpha value is -7.63. The fraction of sp³-hybridized carbons (Fsp3) is 0.0606. The van der Waals surface area contributed by atoms with Crippen molar-refractivity contribution < 1.29 is 0 Å². The molecule has 0 spiro atoms. The van der Waals surface area contributed by atoms with E-state index in [1.165, 1.54) is 98.0 Å². The van der Waals surface area contributed by atoms with E-state index in [9.17, 15) is 0 Å². The molecule has 0 N–H and O–H groups in total. The van der Waals surface area contributed by atoms with Crippen molar-refractivity contribution in [3.63, 3.8) is 0 Å². The van der Waals surface area contributed by atoms with Gasteiger partial charge in [-0.1, -0.05) is 281 Å². The Labute approximate surface area is 404 Å². The van der Waals surface area contributed by atoms with Crippen LogP contribution in [0, 0.1) is 0 Å². The molecular formula is C66H54Si2. The maximum atomic E-state index is 2.59. The van der Waals surface area contributed by atoms with Gasteiger partial charge in [-0.3, -0.25) is 0 Å². The third kappa shape index (κ3) is 7.11. The third-order valence-corrected chi connectivity index (χ3v) is 25.0. The molecule has 9 aromatic carbocycles. The smallest absolute Gasteiger partial charge is 0.0669 e. The summed E-state index contributed by atoms with van der Waals surface area (Å²) < 4.78 is 0. The minimum absolute atomic E-state index is 1.00. The van der Waals surface area contributed by atoms with Crippen molar-refractivity contribution >= 4 is 69.6 Å². The summed E-state index contributed by atoms with van der Waals surface area (Å²) >= 11 is 0. The minimum Gasteiger partial charge on any atom is -0.0669 e. The van der Waals surface area contributed by atoms with Crippen LogP contribution in [0.4, 0.5) is 0 Å². The maximum absolute atomic E-state index is 2.86. The molecule has 0 bridgehead atoms. The third-order valence-electron chi connectivity index (χ3n) is 14.6. The van der Waals surface area contributed by atoms with Gasteiger partial charge in [-0.2, -0.15) is 0 Å². The molecule has 0 aromatic heterocycles. The zero-order chi connectivity index (χ0) is 45.9. The number of rotatable bonds is 12. The monoisotopic (exact) mass is 902 g/mol. The summed E-state index contributed by atoms with van der Waals surface area (Å²) in [7, 11) is -5.71. The van der Waals surface area contributed by atoms with Gasteiger partial charge in [0.2, 0.25) is 0 Å². The van der Waals surface area contributed by atoms with Crippen molar-refractivity contribution in [1.29, 1.82) is 0 Å². The first kappa shape index (κ1) is 43.0. The van der Waals surface area contributed by atoms with Gasteiger partial charge in [0.05, 0.1) is 0 Å². The van der Waals surface area contributed by atoms with Crippen LogP contribution in [0.5, 0.6) is 0 Å². The summed E-state index contributed by atoms with van der Waals surface area (Å²) in [4.78, 5) is 0. The van der Waals surface area contributed by atoms with Crippen molar-refractivity contribution in [2.24, 2.45) is 0 Å². The van der Waals surface area contributed by atoms with Gasteiger partial charge in [0.15, 0.2) is 16.1 Å². The number of hydrogen-bond acceptors (Lipinski definition) is 0. The Morgan fingerprint density at radius 1 is 0.206 bits per heavy atom.